The summed E-state index contributed by atoms with van der Waals surface area (Å²) in [5.74, 6) is 1.45. The van der Waals surface area contributed by atoms with E-state index in [-0.39, 0.29) is 11.8 Å². The van der Waals surface area contributed by atoms with E-state index in [1.54, 1.807) is 0 Å². The molecule has 1 aliphatic carbocycles. The zero-order valence-corrected chi connectivity index (χ0v) is 9.59. The van der Waals surface area contributed by atoms with Crippen molar-refractivity contribution in [2.24, 2.45) is 11.8 Å². The Bertz CT molecular complexity index is 226. The molecule has 1 amide bonds. The second-order valence-electron chi connectivity index (χ2n) is 5.10. The van der Waals surface area contributed by atoms with Crippen molar-refractivity contribution < 1.29 is 4.79 Å². The van der Waals surface area contributed by atoms with E-state index < -0.39 is 0 Å². The second-order valence-corrected chi connectivity index (χ2v) is 5.10. The molecule has 1 saturated carbocycles. The van der Waals surface area contributed by atoms with Gasteiger partial charge in [-0.15, -0.1) is 0 Å². The molecule has 1 aliphatic heterocycles. The zero-order chi connectivity index (χ0) is 10.7. The van der Waals surface area contributed by atoms with Crippen LogP contribution < -0.4 is 10.6 Å². The molecular formula is C12H22N2O. The van der Waals surface area contributed by atoms with E-state index in [9.17, 15) is 4.79 Å². The summed E-state index contributed by atoms with van der Waals surface area (Å²) in [5, 5.41) is 6.45. The molecule has 3 nitrogen and oxygen atoms in total. The first kappa shape index (κ1) is 10.9. The lowest BCUT2D eigenvalue weighted by Gasteiger charge is -2.27. The molecule has 2 N–H and O–H groups in total. The predicted octanol–water partition coefficient (Wildman–Crippen LogP) is 1.29. The Morgan fingerprint density at radius 2 is 2.20 bits per heavy atom. The van der Waals surface area contributed by atoms with Crippen LogP contribution in [-0.4, -0.2) is 25.0 Å². The van der Waals surface area contributed by atoms with Crippen LogP contribution >= 0.6 is 0 Å². The summed E-state index contributed by atoms with van der Waals surface area (Å²) in [6, 6.07) is 0.498. The van der Waals surface area contributed by atoms with E-state index in [4.69, 9.17) is 0 Å². The van der Waals surface area contributed by atoms with Gasteiger partial charge in [-0.05, 0) is 38.6 Å². The highest BCUT2D eigenvalue weighted by molar-refractivity contribution is 5.78. The number of carbonyl (C=O) groups excluding carboxylic acids is 1. The maximum absolute atomic E-state index is 11.8. The summed E-state index contributed by atoms with van der Waals surface area (Å²) in [6.07, 6.45) is 5.93. The summed E-state index contributed by atoms with van der Waals surface area (Å²) < 4.78 is 0. The van der Waals surface area contributed by atoms with Gasteiger partial charge in [-0.25, -0.2) is 0 Å². The molecule has 0 bridgehead atoms. The highest BCUT2D eigenvalue weighted by Crippen LogP contribution is 2.31. The molecular weight excluding hydrogens is 188 g/mol. The van der Waals surface area contributed by atoms with E-state index in [2.05, 4.69) is 17.6 Å². The Balaban J connectivity index is 1.64. The summed E-state index contributed by atoms with van der Waals surface area (Å²) >= 11 is 0. The first-order valence-corrected chi connectivity index (χ1v) is 6.27. The van der Waals surface area contributed by atoms with Gasteiger partial charge in [0.25, 0.3) is 0 Å². The normalized spacial score (nSPS) is 31.3. The van der Waals surface area contributed by atoms with Crippen LogP contribution in [0, 0.1) is 11.8 Å². The van der Waals surface area contributed by atoms with Gasteiger partial charge in [0, 0.05) is 18.5 Å². The van der Waals surface area contributed by atoms with Crippen molar-refractivity contribution >= 4 is 5.91 Å². The molecule has 2 aliphatic rings. The third kappa shape index (κ3) is 3.49. The van der Waals surface area contributed by atoms with E-state index in [0.29, 0.717) is 6.04 Å². The molecule has 0 spiro atoms. The van der Waals surface area contributed by atoms with Crippen molar-refractivity contribution in [1.29, 1.82) is 0 Å². The van der Waals surface area contributed by atoms with E-state index >= 15 is 0 Å². The fourth-order valence-corrected chi connectivity index (χ4v) is 2.32. The van der Waals surface area contributed by atoms with Crippen LogP contribution in [-0.2, 0) is 4.79 Å². The van der Waals surface area contributed by atoms with Crippen LogP contribution in [0.3, 0.4) is 0 Å². The summed E-state index contributed by atoms with van der Waals surface area (Å²) in [5.41, 5.74) is 0. The molecule has 0 aromatic heterocycles. The number of hydrogen-bond acceptors (Lipinski definition) is 2. The molecule has 1 heterocycles. The standard InChI is InChI=1S/C12H22N2O/c1-9-8-11(5-7-13-9)12(15)14-6-4-10-2-3-10/h9-11,13H,2-8H2,1H3,(H,14,15)/t9-,11-/m0/s1. The summed E-state index contributed by atoms with van der Waals surface area (Å²) in [6.45, 7) is 4.04. The number of hydrogen-bond donors (Lipinski definition) is 2. The zero-order valence-electron chi connectivity index (χ0n) is 9.59. The van der Waals surface area contributed by atoms with Gasteiger partial charge in [-0.2, -0.15) is 0 Å². The lowest BCUT2D eigenvalue weighted by atomic mass is 9.92. The molecule has 0 aromatic rings. The second kappa shape index (κ2) is 4.97. The summed E-state index contributed by atoms with van der Waals surface area (Å²) in [4.78, 5) is 11.8. The Kier molecular flexibility index (Phi) is 3.62. The van der Waals surface area contributed by atoms with E-state index in [1.165, 1.54) is 19.3 Å². The molecule has 3 heteroatoms. The third-order valence-electron chi connectivity index (χ3n) is 3.54. The Morgan fingerprint density at radius 3 is 2.87 bits per heavy atom. The van der Waals surface area contributed by atoms with Gasteiger partial charge < -0.3 is 10.6 Å². The van der Waals surface area contributed by atoms with Crippen molar-refractivity contribution in [3.63, 3.8) is 0 Å². The molecule has 2 atom stereocenters. The topological polar surface area (TPSA) is 41.1 Å². The maximum atomic E-state index is 11.8. The lowest BCUT2D eigenvalue weighted by molar-refractivity contribution is -0.126. The van der Waals surface area contributed by atoms with E-state index in [0.717, 1.165) is 31.8 Å². The highest BCUT2D eigenvalue weighted by atomic mass is 16.1. The minimum Gasteiger partial charge on any atom is -0.356 e. The van der Waals surface area contributed by atoms with Crippen molar-refractivity contribution in [2.45, 2.75) is 45.1 Å². The first-order valence-electron chi connectivity index (χ1n) is 6.27. The molecule has 0 aromatic carbocycles. The Hall–Kier alpha value is -0.570. The number of amides is 1. The minimum absolute atomic E-state index is 0.250. The largest absolute Gasteiger partial charge is 0.356 e. The molecule has 2 rings (SSSR count). The fourth-order valence-electron chi connectivity index (χ4n) is 2.32. The van der Waals surface area contributed by atoms with Gasteiger partial charge in [0.05, 0.1) is 0 Å². The van der Waals surface area contributed by atoms with Gasteiger partial charge in [0.1, 0.15) is 0 Å². The number of carbonyl (C=O) groups is 1. The van der Waals surface area contributed by atoms with Gasteiger partial charge in [-0.1, -0.05) is 12.8 Å². The van der Waals surface area contributed by atoms with Gasteiger partial charge in [0.2, 0.25) is 5.91 Å². The van der Waals surface area contributed by atoms with Crippen LogP contribution in [0.15, 0.2) is 0 Å². The number of piperidine rings is 1. The van der Waals surface area contributed by atoms with Crippen LogP contribution in [0.1, 0.15) is 39.0 Å². The molecule has 0 unspecified atom stereocenters. The molecule has 86 valence electrons. The molecule has 0 radical (unpaired) electrons. The van der Waals surface area contributed by atoms with Gasteiger partial charge in [0.15, 0.2) is 0 Å². The molecule has 2 fully saturated rings. The monoisotopic (exact) mass is 210 g/mol. The quantitative estimate of drug-likeness (QED) is 0.734. The molecule has 15 heavy (non-hydrogen) atoms. The van der Waals surface area contributed by atoms with Crippen LogP contribution in [0.2, 0.25) is 0 Å². The number of rotatable bonds is 4. The summed E-state index contributed by atoms with van der Waals surface area (Å²) in [7, 11) is 0. The minimum atomic E-state index is 0.250. The maximum Gasteiger partial charge on any atom is 0.223 e. The van der Waals surface area contributed by atoms with E-state index in [1.807, 2.05) is 0 Å². The van der Waals surface area contributed by atoms with Crippen molar-refractivity contribution in [1.82, 2.24) is 10.6 Å². The third-order valence-corrected chi connectivity index (χ3v) is 3.54. The van der Waals surface area contributed by atoms with Crippen LogP contribution in [0.25, 0.3) is 0 Å². The number of nitrogens with one attached hydrogen (secondary N) is 2. The highest BCUT2D eigenvalue weighted by Gasteiger charge is 2.25. The Labute approximate surface area is 92.0 Å². The van der Waals surface area contributed by atoms with Crippen LogP contribution in [0.4, 0.5) is 0 Å². The average molecular weight is 210 g/mol. The predicted molar refractivity (Wildman–Crippen MR) is 60.5 cm³/mol. The van der Waals surface area contributed by atoms with Crippen LogP contribution in [0.5, 0.6) is 0 Å². The first-order chi connectivity index (χ1) is 7.25. The smallest absolute Gasteiger partial charge is 0.223 e. The van der Waals surface area contributed by atoms with Crippen molar-refractivity contribution in [3.8, 4) is 0 Å². The van der Waals surface area contributed by atoms with Gasteiger partial charge >= 0.3 is 0 Å². The van der Waals surface area contributed by atoms with Crippen molar-refractivity contribution in [3.05, 3.63) is 0 Å². The Morgan fingerprint density at radius 1 is 1.40 bits per heavy atom. The van der Waals surface area contributed by atoms with Gasteiger partial charge in [-0.3, -0.25) is 4.79 Å². The SMILES string of the molecule is C[C@H]1C[C@@H](C(=O)NCCC2CC2)CCN1. The average Bonchev–Trinajstić information content (AvgIpc) is 3.01. The van der Waals surface area contributed by atoms with Crippen molar-refractivity contribution in [2.75, 3.05) is 13.1 Å². The molecule has 1 saturated heterocycles. The fraction of sp³-hybridized carbons (Fsp3) is 0.917. The lowest BCUT2D eigenvalue weighted by Crippen LogP contribution is -2.42.